The smallest absolute Gasteiger partial charge is 0.150 e. The molecule has 0 unspecified atom stereocenters. The molecule has 1 aromatic heterocycles. The number of hydrogen-bond acceptors (Lipinski definition) is 6. The molecule has 0 aliphatic carbocycles. The van der Waals surface area contributed by atoms with Gasteiger partial charge in [-0.15, -0.1) is 0 Å². The molecule has 0 bridgehead atoms. The standard InChI is InChI=1S/C37H52N4O3/c1-8-40(9-2)22-12-24-42-32-26-33-35(34(27-32)43-25-13-23-41(10-3)11-4)39-36(38-33)28-14-18-30(19-15-28)44-31-20-16-29(17-21-31)37(5,6)7/h14-21,26-27H,8-13,22-25H2,1-7H3,(H,38,39). The number of rotatable bonds is 17. The van der Waals surface area contributed by atoms with Gasteiger partial charge in [0.1, 0.15) is 28.6 Å². The van der Waals surface area contributed by atoms with Crippen molar-refractivity contribution in [2.24, 2.45) is 0 Å². The van der Waals surface area contributed by atoms with Crippen LogP contribution < -0.4 is 14.2 Å². The highest BCUT2D eigenvalue weighted by Gasteiger charge is 2.15. The second-order valence-corrected chi connectivity index (χ2v) is 12.3. The Labute approximate surface area is 264 Å². The van der Waals surface area contributed by atoms with Gasteiger partial charge >= 0.3 is 0 Å². The monoisotopic (exact) mass is 600 g/mol. The fourth-order valence-electron chi connectivity index (χ4n) is 5.26. The van der Waals surface area contributed by atoms with Crippen molar-refractivity contribution in [2.75, 3.05) is 52.5 Å². The van der Waals surface area contributed by atoms with Crippen LogP contribution in [-0.4, -0.2) is 72.3 Å². The molecule has 0 fully saturated rings. The van der Waals surface area contributed by atoms with Crippen LogP contribution in [0, 0.1) is 0 Å². The molecular weight excluding hydrogens is 548 g/mol. The lowest BCUT2D eigenvalue weighted by Gasteiger charge is -2.19. The van der Waals surface area contributed by atoms with E-state index in [1.165, 1.54) is 5.56 Å². The first-order valence-electron chi connectivity index (χ1n) is 16.4. The van der Waals surface area contributed by atoms with Crippen molar-refractivity contribution in [3.63, 3.8) is 0 Å². The van der Waals surface area contributed by atoms with Gasteiger partial charge in [-0.05, 0) is 86.4 Å². The molecule has 1 N–H and O–H groups in total. The Morgan fingerprint density at radius 1 is 0.682 bits per heavy atom. The first-order valence-corrected chi connectivity index (χ1v) is 16.4. The van der Waals surface area contributed by atoms with E-state index < -0.39 is 0 Å². The summed E-state index contributed by atoms with van der Waals surface area (Å²) in [5.74, 6) is 3.94. The lowest BCUT2D eigenvalue weighted by atomic mass is 9.87. The zero-order chi connectivity index (χ0) is 31.5. The van der Waals surface area contributed by atoms with Crippen molar-refractivity contribution in [3.05, 3.63) is 66.2 Å². The van der Waals surface area contributed by atoms with E-state index in [4.69, 9.17) is 19.2 Å². The van der Waals surface area contributed by atoms with Gasteiger partial charge in [0.25, 0.3) is 0 Å². The molecule has 0 atom stereocenters. The molecule has 0 spiro atoms. The summed E-state index contributed by atoms with van der Waals surface area (Å²) in [7, 11) is 0. The second-order valence-electron chi connectivity index (χ2n) is 12.3. The molecule has 0 radical (unpaired) electrons. The third-order valence-corrected chi connectivity index (χ3v) is 8.16. The minimum absolute atomic E-state index is 0.112. The number of fused-ring (bicyclic) bond motifs is 1. The van der Waals surface area contributed by atoms with Gasteiger partial charge in [0.05, 0.1) is 18.7 Å². The van der Waals surface area contributed by atoms with Crippen LogP contribution in [-0.2, 0) is 5.41 Å². The fraction of sp³-hybridized carbons (Fsp3) is 0.486. The van der Waals surface area contributed by atoms with Crippen molar-refractivity contribution < 1.29 is 14.2 Å². The normalized spacial score (nSPS) is 11.9. The Balaban J connectivity index is 1.49. The number of benzene rings is 3. The minimum Gasteiger partial charge on any atom is -0.493 e. The van der Waals surface area contributed by atoms with E-state index in [-0.39, 0.29) is 5.41 Å². The summed E-state index contributed by atoms with van der Waals surface area (Å²) in [6, 6.07) is 20.4. The first kappa shape index (κ1) is 33.3. The zero-order valence-corrected chi connectivity index (χ0v) is 27.9. The summed E-state index contributed by atoms with van der Waals surface area (Å²) >= 11 is 0. The first-order chi connectivity index (χ1) is 21.2. The van der Waals surface area contributed by atoms with Gasteiger partial charge in [-0.1, -0.05) is 60.6 Å². The minimum atomic E-state index is 0.112. The highest BCUT2D eigenvalue weighted by atomic mass is 16.5. The molecule has 44 heavy (non-hydrogen) atoms. The maximum atomic E-state index is 6.33. The highest BCUT2D eigenvalue weighted by molar-refractivity contribution is 5.86. The SMILES string of the molecule is CCN(CC)CCCOc1cc(OCCCN(CC)CC)c2nc(-c3ccc(Oc4ccc(C(C)(C)C)cc4)cc3)[nH]c2c1. The molecule has 0 aliphatic heterocycles. The molecule has 0 aliphatic rings. The van der Waals surface area contributed by atoms with Gasteiger partial charge in [-0.25, -0.2) is 4.98 Å². The van der Waals surface area contributed by atoms with Crippen LogP contribution in [0.15, 0.2) is 60.7 Å². The van der Waals surface area contributed by atoms with Crippen LogP contribution in [0.5, 0.6) is 23.0 Å². The van der Waals surface area contributed by atoms with Crippen molar-refractivity contribution >= 4 is 11.0 Å². The second kappa shape index (κ2) is 16.0. The number of nitrogens with zero attached hydrogens (tertiary/aromatic N) is 3. The predicted octanol–water partition coefficient (Wildman–Crippen LogP) is 8.54. The van der Waals surface area contributed by atoms with E-state index >= 15 is 0 Å². The molecule has 7 heteroatoms. The lowest BCUT2D eigenvalue weighted by Crippen LogP contribution is -2.25. The number of hydrogen-bond donors (Lipinski definition) is 1. The van der Waals surface area contributed by atoms with Gasteiger partial charge in [-0.2, -0.15) is 0 Å². The third-order valence-electron chi connectivity index (χ3n) is 8.16. The van der Waals surface area contributed by atoms with Gasteiger partial charge in [-0.3, -0.25) is 0 Å². The van der Waals surface area contributed by atoms with E-state index in [9.17, 15) is 0 Å². The lowest BCUT2D eigenvalue weighted by molar-refractivity contribution is 0.243. The van der Waals surface area contributed by atoms with E-state index in [1.54, 1.807) is 0 Å². The summed E-state index contributed by atoms with van der Waals surface area (Å²) in [5, 5.41) is 0. The molecule has 238 valence electrons. The maximum absolute atomic E-state index is 6.33. The Hall–Kier alpha value is -3.55. The van der Waals surface area contributed by atoms with Crippen LogP contribution in [0.2, 0.25) is 0 Å². The van der Waals surface area contributed by atoms with Gasteiger partial charge in [0, 0.05) is 30.8 Å². The Bertz CT molecular complexity index is 1420. The van der Waals surface area contributed by atoms with Gasteiger partial charge in [0.15, 0.2) is 5.75 Å². The van der Waals surface area contributed by atoms with E-state index in [0.29, 0.717) is 13.2 Å². The zero-order valence-electron chi connectivity index (χ0n) is 27.9. The van der Waals surface area contributed by atoms with Crippen LogP contribution >= 0.6 is 0 Å². The summed E-state index contributed by atoms with van der Waals surface area (Å²) in [4.78, 5) is 13.3. The Kier molecular flexibility index (Phi) is 12.1. The van der Waals surface area contributed by atoms with Crippen molar-refractivity contribution in [3.8, 4) is 34.4 Å². The molecule has 4 aromatic rings. The average Bonchev–Trinajstić information content (AvgIpc) is 3.46. The molecule has 0 amide bonds. The van der Waals surface area contributed by atoms with E-state index in [2.05, 4.69) is 75.4 Å². The summed E-state index contributed by atoms with van der Waals surface area (Å²) in [6.07, 6.45) is 1.93. The van der Waals surface area contributed by atoms with Gasteiger partial charge in [0.2, 0.25) is 0 Å². The number of ether oxygens (including phenoxy) is 3. The van der Waals surface area contributed by atoms with E-state index in [0.717, 1.165) is 97.5 Å². The molecule has 0 saturated heterocycles. The Morgan fingerprint density at radius 3 is 1.77 bits per heavy atom. The number of aromatic amines is 1. The number of nitrogens with one attached hydrogen (secondary N) is 1. The molecule has 0 saturated carbocycles. The summed E-state index contributed by atoms with van der Waals surface area (Å²) < 4.78 is 18.7. The largest absolute Gasteiger partial charge is 0.493 e. The number of H-pyrrole nitrogens is 1. The number of aromatic nitrogens is 2. The van der Waals surface area contributed by atoms with Crippen LogP contribution in [0.25, 0.3) is 22.4 Å². The topological polar surface area (TPSA) is 62.9 Å². The molecule has 4 rings (SSSR count). The van der Waals surface area contributed by atoms with Crippen molar-refractivity contribution in [2.45, 2.75) is 66.7 Å². The van der Waals surface area contributed by atoms with Crippen molar-refractivity contribution in [1.29, 1.82) is 0 Å². The van der Waals surface area contributed by atoms with Crippen LogP contribution in [0.4, 0.5) is 0 Å². The number of imidazole rings is 1. The Morgan fingerprint density at radius 2 is 1.23 bits per heavy atom. The average molecular weight is 601 g/mol. The predicted molar refractivity (Wildman–Crippen MR) is 183 cm³/mol. The maximum Gasteiger partial charge on any atom is 0.150 e. The van der Waals surface area contributed by atoms with E-state index in [1.807, 2.05) is 48.5 Å². The van der Waals surface area contributed by atoms with Crippen LogP contribution in [0.1, 0.15) is 66.9 Å². The fourth-order valence-corrected chi connectivity index (χ4v) is 5.26. The van der Waals surface area contributed by atoms with Gasteiger partial charge < -0.3 is 29.0 Å². The highest BCUT2D eigenvalue weighted by Crippen LogP contribution is 2.33. The molecule has 1 heterocycles. The van der Waals surface area contributed by atoms with Crippen LogP contribution in [0.3, 0.4) is 0 Å². The molecule has 3 aromatic carbocycles. The molecular formula is C37H52N4O3. The molecule has 7 nitrogen and oxygen atoms in total. The summed E-state index contributed by atoms with van der Waals surface area (Å²) in [6.45, 7) is 23.0. The third kappa shape index (κ3) is 9.23. The van der Waals surface area contributed by atoms with Crippen molar-refractivity contribution in [1.82, 2.24) is 19.8 Å². The quantitative estimate of drug-likeness (QED) is 0.123. The summed E-state index contributed by atoms with van der Waals surface area (Å²) in [5.41, 5.74) is 4.09.